The summed E-state index contributed by atoms with van der Waals surface area (Å²) in [6.07, 6.45) is 3.42. The van der Waals surface area contributed by atoms with Gasteiger partial charge in [0.2, 0.25) is 0 Å². The van der Waals surface area contributed by atoms with E-state index in [4.69, 9.17) is 20.3 Å². The number of hydrogen-bond donors (Lipinski definition) is 3. The minimum Gasteiger partial charge on any atom is -0.396 e. The van der Waals surface area contributed by atoms with E-state index in [-0.39, 0.29) is 18.4 Å². The molecular weight excluding hydrogens is 220 g/mol. The predicted molar refractivity (Wildman–Crippen MR) is 68.8 cm³/mol. The average Bonchev–Trinajstić information content (AvgIpc) is 2.36. The summed E-state index contributed by atoms with van der Waals surface area (Å²) in [5.74, 6) is 0. The highest BCUT2D eigenvalue weighted by Gasteiger charge is 2.26. The van der Waals surface area contributed by atoms with Gasteiger partial charge in [-0.2, -0.15) is 0 Å². The summed E-state index contributed by atoms with van der Waals surface area (Å²) < 4.78 is 10.4. The van der Waals surface area contributed by atoms with Crippen molar-refractivity contribution >= 4 is 0 Å². The molecule has 0 aromatic rings. The molecule has 5 nitrogen and oxygen atoms in total. The summed E-state index contributed by atoms with van der Waals surface area (Å²) in [7, 11) is 3.26. The van der Waals surface area contributed by atoms with Crippen LogP contribution in [0, 0.1) is 0 Å². The van der Waals surface area contributed by atoms with Gasteiger partial charge in [-0.3, -0.25) is 0 Å². The molecule has 0 heterocycles. The number of nitrogens with two attached hydrogens (primary N) is 1. The van der Waals surface area contributed by atoms with E-state index in [9.17, 15) is 0 Å². The van der Waals surface area contributed by atoms with E-state index in [1.165, 1.54) is 0 Å². The van der Waals surface area contributed by atoms with Crippen molar-refractivity contribution in [3.8, 4) is 0 Å². The third kappa shape index (κ3) is 7.68. The minimum atomic E-state index is -0.228. The van der Waals surface area contributed by atoms with Crippen LogP contribution in [0.4, 0.5) is 0 Å². The molecular formula is C12H28N2O3. The van der Waals surface area contributed by atoms with Crippen molar-refractivity contribution in [3.63, 3.8) is 0 Å². The zero-order valence-electron chi connectivity index (χ0n) is 11.4. The highest BCUT2D eigenvalue weighted by molar-refractivity contribution is 4.85. The first-order chi connectivity index (χ1) is 8.11. The third-order valence-electron chi connectivity index (χ3n) is 2.98. The fraction of sp³-hybridized carbons (Fsp3) is 1.00. The second kappa shape index (κ2) is 9.79. The molecule has 0 aliphatic carbocycles. The third-order valence-corrected chi connectivity index (χ3v) is 2.98. The van der Waals surface area contributed by atoms with Crippen LogP contribution in [0.5, 0.6) is 0 Å². The van der Waals surface area contributed by atoms with E-state index in [0.29, 0.717) is 6.54 Å². The Morgan fingerprint density at radius 1 is 1.24 bits per heavy atom. The number of aliphatic hydroxyl groups excluding tert-OH is 1. The Bertz CT molecular complexity index is 177. The lowest BCUT2D eigenvalue weighted by Gasteiger charge is -2.32. The van der Waals surface area contributed by atoms with E-state index < -0.39 is 0 Å². The van der Waals surface area contributed by atoms with E-state index in [1.807, 2.05) is 0 Å². The van der Waals surface area contributed by atoms with Crippen LogP contribution in [-0.4, -0.2) is 50.9 Å². The van der Waals surface area contributed by atoms with Gasteiger partial charge in [-0.1, -0.05) is 0 Å². The SMILES string of the molecule is COC(CC(C)(CN)NCCCCCO)OC. The fourth-order valence-electron chi connectivity index (χ4n) is 1.66. The van der Waals surface area contributed by atoms with Gasteiger partial charge in [0.1, 0.15) is 0 Å². The van der Waals surface area contributed by atoms with Crippen LogP contribution in [0.15, 0.2) is 0 Å². The van der Waals surface area contributed by atoms with Crippen molar-refractivity contribution in [2.45, 2.75) is 44.4 Å². The molecule has 0 radical (unpaired) electrons. The lowest BCUT2D eigenvalue weighted by atomic mass is 9.97. The van der Waals surface area contributed by atoms with E-state index in [0.717, 1.165) is 32.2 Å². The van der Waals surface area contributed by atoms with Gasteiger partial charge in [0.05, 0.1) is 0 Å². The molecule has 0 saturated heterocycles. The van der Waals surface area contributed by atoms with Gasteiger partial charge >= 0.3 is 0 Å². The molecule has 0 aromatic heterocycles. The van der Waals surface area contributed by atoms with Gasteiger partial charge < -0.3 is 25.6 Å². The highest BCUT2D eigenvalue weighted by atomic mass is 16.7. The number of aliphatic hydroxyl groups is 1. The molecule has 1 unspecified atom stereocenters. The number of rotatable bonds is 11. The Morgan fingerprint density at radius 2 is 1.88 bits per heavy atom. The van der Waals surface area contributed by atoms with Crippen molar-refractivity contribution in [1.82, 2.24) is 5.32 Å². The second-order valence-electron chi connectivity index (χ2n) is 4.58. The fourth-order valence-corrected chi connectivity index (χ4v) is 1.66. The molecule has 0 aliphatic rings. The zero-order valence-corrected chi connectivity index (χ0v) is 11.4. The summed E-state index contributed by atoms with van der Waals surface area (Å²) in [6, 6.07) is 0. The van der Waals surface area contributed by atoms with Crippen LogP contribution in [-0.2, 0) is 9.47 Å². The maximum absolute atomic E-state index is 8.68. The first-order valence-corrected chi connectivity index (χ1v) is 6.23. The van der Waals surface area contributed by atoms with Crippen molar-refractivity contribution in [2.75, 3.05) is 33.9 Å². The van der Waals surface area contributed by atoms with Gasteiger partial charge in [0.25, 0.3) is 0 Å². The highest BCUT2D eigenvalue weighted by Crippen LogP contribution is 2.13. The topological polar surface area (TPSA) is 76.7 Å². The zero-order chi connectivity index (χ0) is 13.1. The monoisotopic (exact) mass is 248 g/mol. The Balaban J connectivity index is 3.91. The van der Waals surface area contributed by atoms with Gasteiger partial charge in [-0.25, -0.2) is 0 Å². The van der Waals surface area contributed by atoms with E-state index in [1.54, 1.807) is 14.2 Å². The smallest absolute Gasteiger partial charge is 0.158 e. The molecule has 1 atom stereocenters. The second-order valence-corrected chi connectivity index (χ2v) is 4.58. The standard InChI is InChI=1S/C12H28N2O3/c1-12(10-13,9-11(16-2)17-3)14-7-5-4-6-8-15/h11,14-15H,4-10,13H2,1-3H3. The quantitative estimate of drug-likeness (QED) is 0.366. The Kier molecular flexibility index (Phi) is 9.68. The molecule has 0 saturated carbocycles. The lowest BCUT2D eigenvalue weighted by molar-refractivity contribution is -0.117. The van der Waals surface area contributed by atoms with Gasteiger partial charge in [0.15, 0.2) is 6.29 Å². The van der Waals surface area contributed by atoms with Gasteiger partial charge in [-0.15, -0.1) is 0 Å². The van der Waals surface area contributed by atoms with Crippen molar-refractivity contribution in [2.24, 2.45) is 5.73 Å². The van der Waals surface area contributed by atoms with Crippen LogP contribution < -0.4 is 11.1 Å². The number of nitrogens with one attached hydrogen (secondary N) is 1. The summed E-state index contributed by atoms with van der Waals surface area (Å²) in [6.45, 7) is 3.78. The summed E-state index contributed by atoms with van der Waals surface area (Å²) in [4.78, 5) is 0. The van der Waals surface area contributed by atoms with Crippen molar-refractivity contribution < 1.29 is 14.6 Å². The van der Waals surface area contributed by atoms with Crippen LogP contribution in [0.3, 0.4) is 0 Å². The van der Waals surface area contributed by atoms with Crippen LogP contribution in [0.2, 0.25) is 0 Å². The van der Waals surface area contributed by atoms with Crippen molar-refractivity contribution in [3.05, 3.63) is 0 Å². The minimum absolute atomic E-state index is 0.171. The normalized spacial score (nSPS) is 15.2. The number of unbranched alkanes of at least 4 members (excludes halogenated alkanes) is 2. The number of methoxy groups -OCH3 is 2. The molecule has 0 aromatic carbocycles. The largest absolute Gasteiger partial charge is 0.396 e. The molecule has 0 spiro atoms. The van der Waals surface area contributed by atoms with Crippen molar-refractivity contribution in [1.29, 1.82) is 0 Å². The molecule has 0 amide bonds. The molecule has 17 heavy (non-hydrogen) atoms. The molecule has 0 rings (SSSR count). The summed E-state index contributed by atoms with van der Waals surface area (Å²) in [5.41, 5.74) is 5.62. The molecule has 5 heteroatoms. The summed E-state index contributed by atoms with van der Waals surface area (Å²) in [5, 5.41) is 12.1. The maximum atomic E-state index is 8.68. The Morgan fingerprint density at radius 3 is 2.35 bits per heavy atom. The van der Waals surface area contributed by atoms with E-state index >= 15 is 0 Å². The lowest BCUT2D eigenvalue weighted by Crippen LogP contribution is -2.51. The first kappa shape index (κ1) is 16.8. The van der Waals surface area contributed by atoms with Crippen LogP contribution in [0.25, 0.3) is 0 Å². The summed E-state index contributed by atoms with van der Waals surface area (Å²) >= 11 is 0. The number of hydrogen-bond acceptors (Lipinski definition) is 5. The predicted octanol–water partition coefficient (Wildman–Crippen LogP) is 0.465. The molecule has 4 N–H and O–H groups in total. The molecule has 0 bridgehead atoms. The average molecular weight is 248 g/mol. The van der Waals surface area contributed by atoms with Gasteiger partial charge in [0, 0.05) is 39.3 Å². The number of ether oxygens (including phenoxy) is 2. The Hall–Kier alpha value is -0.200. The Labute approximate surface area is 105 Å². The van der Waals surface area contributed by atoms with Gasteiger partial charge in [-0.05, 0) is 32.7 Å². The first-order valence-electron chi connectivity index (χ1n) is 6.23. The maximum Gasteiger partial charge on any atom is 0.158 e. The molecule has 0 fully saturated rings. The van der Waals surface area contributed by atoms with Crippen LogP contribution in [0.1, 0.15) is 32.6 Å². The van der Waals surface area contributed by atoms with Crippen LogP contribution >= 0.6 is 0 Å². The van der Waals surface area contributed by atoms with E-state index in [2.05, 4.69) is 12.2 Å². The molecule has 0 aliphatic heterocycles. The molecule has 104 valence electrons.